The van der Waals surface area contributed by atoms with Crippen LogP contribution >= 0.6 is 0 Å². The average Bonchev–Trinajstić information content (AvgIpc) is 3.32. The van der Waals surface area contributed by atoms with Crippen LogP contribution in [0.1, 0.15) is 30.4 Å². The monoisotopic (exact) mass is 368 g/mol. The molecular formula is C22H32N4O. The Kier molecular flexibility index (Phi) is 5.91. The minimum Gasteiger partial charge on any atom is -0.383 e. The predicted octanol–water partition coefficient (Wildman–Crippen LogP) is 2.87. The SMILES string of the molecule is COCCN1CCCC2(CCN(Cc3ccc(Cn4cccn4)cc3)C2)C1. The molecule has 0 aliphatic carbocycles. The zero-order valence-corrected chi connectivity index (χ0v) is 16.5. The molecule has 0 radical (unpaired) electrons. The van der Waals surface area contributed by atoms with Gasteiger partial charge < -0.3 is 9.64 Å². The molecule has 0 saturated carbocycles. The summed E-state index contributed by atoms with van der Waals surface area (Å²) in [6.07, 6.45) is 7.90. The molecule has 146 valence electrons. The molecular weight excluding hydrogens is 336 g/mol. The molecule has 5 nitrogen and oxygen atoms in total. The molecule has 2 aromatic rings. The fourth-order valence-corrected chi connectivity index (χ4v) is 4.81. The summed E-state index contributed by atoms with van der Waals surface area (Å²) >= 11 is 0. The molecule has 2 fully saturated rings. The molecule has 2 saturated heterocycles. The van der Waals surface area contributed by atoms with Crippen LogP contribution in [-0.2, 0) is 17.8 Å². The lowest BCUT2D eigenvalue weighted by Gasteiger charge is -2.40. The molecule has 4 rings (SSSR count). The molecule has 3 heterocycles. The first-order chi connectivity index (χ1) is 13.2. The van der Waals surface area contributed by atoms with Gasteiger partial charge in [0.1, 0.15) is 0 Å². The molecule has 5 heteroatoms. The van der Waals surface area contributed by atoms with Gasteiger partial charge in [-0.2, -0.15) is 5.10 Å². The van der Waals surface area contributed by atoms with E-state index >= 15 is 0 Å². The summed E-state index contributed by atoms with van der Waals surface area (Å²) < 4.78 is 7.25. The Hall–Kier alpha value is -1.69. The highest BCUT2D eigenvalue weighted by atomic mass is 16.5. The number of hydrogen-bond acceptors (Lipinski definition) is 4. The number of hydrogen-bond donors (Lipinski definition) is 0. The van der Waals surface area contributed by atoms with Gasteiger partial charge in [-0.05, 0) is 55.0 Å². The molecule has 1 atom stereocenters. The van der Waals surface area contributed by atoms with Gasteiger partial charge in [-0.25, -0.2) is 0 Å². The number of methoxy groups -OCH3 is 1. The highest BCUT2D eigenvalue weighted by molar-refractivity contribution is 5.23. The van der Waals surface area contributed by atoms with E-state index in [4.69, 9.17) is 4.74 Å². The molecule has 1 aromatic heterocycles. The van der Waals surface area contributed by atoms with E-state index in [2.05, 4.69) is 39.2 Å². The first-order valence-corrected chi connectivity index (χ1v) is 10.2. The van der Waals surface area contributed by atoms with Crippen LogP contribution in [0.2, 0.25) is 0 Å². The van der Waals surface area contributed by atoms with Crippen LogP contribution < -0.4 is 0 Å². The van der Waals surface area contributed by atoms with Gasteiger partial charge in [-0.3, -0.25) is 9.58 Å². The summed E-state index contributed by atoms with van der Waals surface area (Å²) in [4.78, 5) is 5.27. The number of rotatable bonds is 7. The largest absolute Gasteiger partial charge is 0.383 e. The van der Waals surface area contributed by atoms with Crippen molar-refractivity contribution in [3.8, 4) is 0 Å². The van der Waals surface area contributed by atoms with E-state index in [1.54, 1.807) is 7.11 Å². The molecule has 0 amide bonds. The van der Waals surface area contributed by atoms with Crippen molar-refractivity contribution in [2.24, 2.45) is 5.41 Å². The predicted molar refractivity (Wildman–Crippen MR) is 108 cm³/mol. The standard InChI is InChI=1S/C22H32N4O/c1-27-15-14-24-11-2-8-22(18-24)9-13-25(19-22)16-20-4-6-21(7-5-20)17-26-12-3-10-23-26/h3-7,10,12H,2,8-9,11,13-19H2,1H3. The molecule has 1 aromatic carbocycles. The minimum absolute atomic E-state index is 0.506. The molecule has 2 aliphatic rings. The fourth-order valence-electron chi connectivity index (χ4n) is 4.81. The summed E-state index contributed by atoms with van der Waals surface area (Å²) in [5.74, 6) is 0. The number of aromatic nitrogens is 2. The summed E-state index contributed by atoms with van der Waals surface area (Å²) in [5, 5.41) is 4.29. The van der Waals surface area contributed by atoms with Gasteiger partial charge in [0.25, 0.3) is 0 Å². The quantitative estimate of drug-likeness (QED) is 0.753. The molecule has 2 aliphatic heterocycles. The van der Waals surface area contributed by atoms with Crippen molar-refractivity contribution in [3.05, 3.63) is 53.9 Å². The second-order valence-corrected chi connectivity index (χ2v) is 8.35. The number of ether oxygens (including phenoxy) is 1. The van der Waals surface area contributed by atoms with Crippen LogP contribution in [0.4, 0.5) is 0 Å². The third kappa shape index (κ3) is 4.78. The third-order valence-electron chi connectivity index (χ3n) is 6.20. The van der Waals surface area contributed by atoms with Gasteiger partial charge >= 0.3 is 0 Å². The van der Waals surface area contributed by atoms with Crippen LogP contribution in [0.25, 0.3) is 0 Å². The topological polar surface area (TPSA) is 33.5 Å². The normalized spacial score (nSPS) is 24.0. The maximum absolute atomic E-state index is 5.28. The average molecular weight is 369 g/mol. The second-order valence-electron chi connectivity index (χ2n) is 8.35. The van der Waals surface area contributed by atoms with Crippen molar-refractivity contribution in [1.82, 2.24) is 19.6 Å². The number of piperidine rings is 1. The Labute approximate surface area is 162 Å². The summed E-state index contributed by atoms with van der Waals surface area (Å²) in [6, 6.07) is 11.0. The lowest BCUT2D eigenvalue weighted by molar-refractivity contribution is 0.0673. The van der Waals surface area contributed by atoms with Crippen molar-refractivity contribution in [1.29, 1.82) is 0 Å². The van der Waals surface area contributed by atoms with E-state index in [1.165, 1.54) is 56.6 Å². The molecule has 1 unspecified atom stereocenters. The zero-order valence-electron chi connectivity index (χ0n) is 16.5. The number of benzene rings is 1. The first-order valence-electron chi connectivity index (χ1n) is 10.2. The summed E-state index contributed by atoms with van der Waals surface area (Å²) in [7, 11) is 1.80. The Balaban J connectivity index is 1.30. The van der Waals surface area contributed by atoms with Gasteiger partial charge in [0.2, 0.25) is 0 Å². The van der Waals surface area contributed by atoms with Gasteiger partial charge in [0.15, 0.2) is 0 Å². The smallest absolute Gasteiger partial charge is 0.0659 e. The lowest BCUT2D eigenvalue weighted by Crippen LogP contribution is -2.45. The van der Waals surface area contributed by atoms with Crippen LogP contribution in [0, 0.1) is 5.41 Å². The zero-order chi connectivity index (χ0) is 18.5. The van der Waals surface area contributed by atoms with Gasteiger partial charge in [-0.15, -0.1) is 0 Å². The molecule has 0 bridgehead atoms. The van der Waals surface area contributed by atoms with E-state index in [0.717, 1.165) is 26.2 Å². The van der Waals surface area contributed by atoms with E-state index < -0.39 is 0 Å². The van der Waals surface area contributed by atoms with E-state index in [-0.39, 0.29) is 0 Å². The number of nitrogens with zero attached hydrogens (tertiary/aromatic N) is 4. The van der Waals surface area contributed by atoms with Gasteiger partial charge in [-0.1, -0.05) is 24.3 Å². The Morgan fingerprint density at radius 1 is 1.00 bits per heavy atom. The molecule has 0 N–H and O–H groups in total. The number of likely N-dealkylation sites (tertiary alicyclic amines) is 2. The van der Waals surface area contributed by atoms with Crippen molar-refractivity contribution in [2.75, 3.05) is 46.4 Å². The van der Waals surface area contributed by atoms with Crippen molar-refractivity contribution in [2.45, 2.75) is 32.4 Å². The van der Waals surface area contributed by atoms with Crippen LogP contribution in [-0.4, -0.2) is 66.0 Å². The maximum atomic E-state index is 5.28. The van der Waals surface area contributed by atoms with Crippen molar-refractivity contribution in [3.63, 3.8) is 0 Å². The van der Waals surface area contributed by atoms with Crippen molar-refractivity contribution < 1.29 is 4.74 Å². The Morgan fingerprint density at radius 3 is 2.52 bits per heavy atom. The lowest BCUT2D eigenvalue weighted by atomic mass is 9.79. The van der Waals surface area contributed by atoms with E-state index in [0.29, 0.717) is 5.41 Å². The molecule has 1 spiro atoms. The second kappa shape index (κ2) is 8.55. The van der Waals surface area contributed by atoms with Crippen molar-refractivity contribution >= 4 is 0 Å². The van der Waals surface area contributed by atoms with Crippen LogP contribution in [0.15, 0.2) is 42.7 Å². The minimum atomic E-state index is 0.506. The summed E-state index contributed by atoms with van der Waals surface area (Å²) in [6.45, 7) is 8.80. The van der Waals surface area contributed by atoms with Gasteiger partial charge in [0.05, 0.1) is 13.2 Å². The summed E-state index contributed by atoms with van der Waals surface area (Å²) in [5.41, 5.74) is 3.23. The van der Waals surface area contributed by atoms with E-state index in [1.807, 2.05) is 23.1 Å². The first kappa shape index (κ1) is 18.7. The van der Waals surface area contributed by atoms with Crippen LogP contribution in [0.5, 0.6) is 0 Å². The van der Waals surface area contributed by atoms with E-state index in [9.17, 15) is 0 Å². The van der Waals surface area contributed by atoms with Gasteiger partial charge in [0, 0.05) is 45.7 Å². The highest BCUT2D eigenvalue weighted by Crippen LogP contribution is 2.39. The fraction of sp³-hybridized carbons (Fsp3) is 0.591. The maximum Gasteiger partial charge on any atom is 0.0659 e. The Morgan fingerprint density at radius 2 is 1.78 bits per heavy atom. The molecule has 27 heavy (non-hydrogen) atoms. The third-order valence-corrected chi connectivity index (χ3v) is 6.20. The van der Waals surface area contributed by atoms with Crippen LogP contribution in [0.3, 0.4) is 0 Å². The highest BCUT2D eigenvalue weighted by Gasteiger charge is 2.40. The Bertz CT molecular complexity index is 700.